The van der Waals surface area contributed by atoms with Gasteiger partial charge in [0.2, 0.25) is 0 Å². The normalized spacial score (nSPS) is 28.8. The van der Waals surface area contributed by atoms with E-state index in [1.807, 2.05) is 0 Å². The van der Waals surface area contributed by atoms with Gasteiger partial charge < -0.3 is 9.47 Å². The van der Waals surface area contributed by atoms with Crippen LogP contribution in [0.2, 0.25) is 0 Å². The highest BCUT2D eigenvalue weighted by molar-refractivity contribution is 5.51. The van der Waals surface area contributed by atoms with Crippen LogP contribution >= 0.6 is 0 Å². The highest BCUT2D eigenvalue weighted by Crippen LogP contribution is 2.51. The average Bonchev–Trinajstić information content (AvgIpc) is 3.02. The number of aryl methyl sites for hydroxylation is 1. The first-order valence-electron chi connectivity index (χ1n) is 7.39. The molecule has 3 heteroatoms. The lowest BCUT2D eigenvalue weighted by Crippen LogP contribution is -2.50. The Bertz CT molecular complexity index is 645. The second-order valence-corrected chi connectivity index (χ2v) is 6.08. The fourth-order valence-corrected chi connectivity index (χ4v) is 4.02. The van der Waals surface area contributed by atoms with Crippen molar-refractivity contribution in [1.29, 1.82) is 0 Å². The molecule has 0 N–H and O–H groups in total. The molecule has 1 aromatic heterocycles. The molecule has 1 aliphatic heterocycles. The average molecular weight is 267 g/mol. The van der Waals surface area contributed by atoms with Gasteiger partial charge >= 0.3 is 0 Å². The first-order chi connectivity index (χ1) is 9.68. The zero-order valence-electron chi connectivity index (χ0n) is 12.3. The van der Waals surface area contributed by atoms with Gasteiger partial charge in [-0.05, 0) is 43.7 Å². The fraction of sp³-hybridized carbons (Fsp3) is 0.412. The summed E-state index contributed by atoms with van der Waals surface area (Å²) in [6.07, 6.45) is 3.75. The smallest absolute Gasteiger partial charge is 0.109 e. The molecule has 0 saturated carbocycles. The van der Waals surface area contributed by atoms with Gasteiger partial charge in [-0.3, -0.25) is 4.90 Å². The molecule has 0 radical (unpaired) electrons. The van der Waals surface area contributed by atoms with Gasteiger partial charge in [0, 0.05) is 19.3 Å². The summed E-state index contributed by atoms with van der Waals surface area (Å²) in [6.45, 7) is 2.32. The summed E-state index contributed by atoms with van der Waals surface area (Å²) in [5.41, 5.74) is 3.03. The molecule has 20 heavy (non-hydrogen) atoms. The van der Waals surface area contributed by atoms with Crippen LogP contribution in [0.15, 0.2) is 42.6 Å². The lowest BCUT2D eigenvalue weighted by Gasteiger charge is -2.46. The first-order valence-corrected chi connectivity index (χ1v) is 7.39. The van der Waals surface area contributed by atoms with Crippen LogP contribution in [0.25, 0.3) is 0 Å². The second kappa shape index (κ2) is 4.13. The van der Waals surface area contributed by atoms with E-state index in [0.717, 1.165) is 0 Å². The van der Waals surface area contributed by atoms with Crippen LogP contribution in [-0.2, 0) is 7.05 Å². The van der Waals surface area contributed by atoms with Crippen LogP contribution in [0.1, 0.15) is 36.6 Å². The summed E-state index contributed by atoms with van der Waals surface area (Å²) in [6, 6.07) is 14.4. The maximum Gasteiger partial charge on any atom is 0.109 e. The van der Waals surface area contributed by atoms with E-state index in [1.54, 1.807) is 0 Å². The highest BCUT2D eigenvalue weighted by Gasteiger charge is 2.45. The number of hydrogen-bond donors (Lipinski definition) is 0. The quantitative estimate of drug-likeness (QED) is 0.785. The molecule has 104 valence electrons. The predicted octanol–water partition coefficient (Wildman–Crippen LogP) is 3.31. The third-order valence-corrected chi connectivity index (χ3v) is 5.16. The number of rotatable bonds is 1. The largest absolute Gasteiger partial charge is 0.338 e. The van der Waals surface area contributed by atoms with Crippen molar-refractivity contribution in [2.45, 2.75) is 31.6 Å². The Balaban J connectivity index is 1.87. The number of nitrogens with zero attached hydrogens (tertiary/aromatic N) is 3. The first kappa shape index (κ1) is 12.0. The Morgan fingerprint density at radius 2 is 1.65 bits per heavy atom. The second-order valence-electron chi connectivity index (χ2n) is 6.08. The summed E-state index contributed by atoms with van der Waals surface area (Å²) >= 11 is 0. The molecule has 2 bridgehead atoms. The van der Waals surface area contributed by atoms with Crippen LogP contribution in [0.3, 0.4) is 0 Å². The third kappa shape index (κ3) is 1.44. The van der Waals surface area contributed by atoms with Gasteiger partial charge in [0.1, 0.15) is 5.82 Å². The monoisotopic (exact) mass is 267 g/mol. The molecule has 0 amide bonds. The zero-order chi connectivity index (χ0) is 13.9. The van der Waals surface area contributed by atoms with Crippen molar-refractivity contribution in [3.63, 3.8) is 0 Å². The maximum atomic E-state index is 2.57. The Morgan fingerprint density at radius 3 is 2.30 bits per heavy atom. The van der Waals surface area contributed by atoms with Gasteiger partial charge in [-0.2, -0.15) is 0 Å². The Kier molecular flexibility index (Phi) is 2.48. The van der Waals surface area contributed by atoms with E-state index < -0.39 is 0 Å². The zero-order valence-corrected chi connectivity index (χ0v) is 12.3. The van der Waals surface area contributed by atoms with Crippen LogP contribution in [0.5, 0.6) is 0 Å². The Labute approximate surface area is 120 Å². The number of aromatic nitrogens is 1. The number of anilines is 1. The molecule has 2 heterocycles. The molecule has 1 fully saturated rings. The van der Waals surface area contributed by atoms with E-state index in [9.17, 15) is 0 Å². The molecule has 2 aromatic rings. The molecule has 3 unspecified atom stereocenters. The van der Waals surface area contributed by atoms with Gasteiger partial charge in [-0.15, -0.1) is 0 Å². The Morgan fingerprint density at radius 1 is 0.950 bits per heavy atom. The topological polar surface area (TPSA) is 11.4 Å². The third-order valence-electron chi connectivity index (χ3n) is 5.16. The summed E-state index contributed by atoms with van der Waals surface area (Å²) in [5.74, 6) is 1.31. The number of hydrogen-bond acceptors (Lipinski definition) is 2. The van der Waals surface area contributed by atoms with Crippen LogP contribution in [0, 0.1) is 0 Å². The molecular formula is C17H21N3. The van der Waals surface area contributed by atoms with Gasteiger partial charge in [-0.1, -0.05) is 24.3 Å². The van der Waals surface area contributed by atoms with Gasteiger partial charge in [0.15, 0.2) is 0 Å². The van der Waals surface area contributed by atoms with E-state index in [0.29, 0.717) is 18.2 Å². The molecule has 1 aliphatic carbocycles. The van der Waals surface area contributed by atoms with E-state index in [4.69, 9.17) is 0 Å². The van der Waals surface area contributed by atoms with Crippen molar-refractivity contribution in [1.82, 2.24) is 9.47 Å². The number of benzene rings is 1. The lowest BCUT2D eigenvalue weighted by molar-refractivity contribution is 0.130. The Hall–Kier alpha value is -1.74. The molecule has 1 aromatic carbocycles. The van der Waals surface area contributed by atoms with Crippen molar-refractivity contribution >= 4 is 5.82 Å². The molecule has 1 saturated heterocycles. The number of fused-ring (bicyclic) bond motifs is 5. The summed E-state index contributed by atoms with van der Waals surface area (Å²) in [4.78, 5) is 5.08. The van der Waals surface area contributed by atoms with Crippen molar-refractivity contribution in [2.75, 3.05) is 11.9 Å². The van der Waals surface area contributed by atoms with E-state index in [2.05, 4.69) is 78.0 Å². The predicted molar refractivity (Wildman–Crippen MR) is 81.7 cm³/mol. The molecule has 0 spiro atoms. The minimum absolute atomic E-state index is 0.416. The SMILES string of the molecule is CC1N(C)C2CC(c3ccccc32)N1c1cccn1C. The fourth-order valence-electron chi connectivity index (χ4n) is 4.02. The van der Waals surface area contributed by atoms with E-state index in [1.165, 1.54) is 23.4 Å². The lowest BCUT2D eigenvalue weighted by atomic mass is 10.1. The standard InChI is InChI=1S/C17H21N3/c1-12-19(3)15-11-16(14-8-5-4-7-13(14)15)20(12)17-9-6-10-18(17)2/h4-10,12,15-16H,11H2,1-3H3. The van der Waals surface area contributed by atoms with Gasteiger partial charge in [-0.25, -0.2) is 0 Å². The summed E-state index contributed by atoms with van der Waals surface area (Å²) in [5, 5.41) is 0. The van der Waals surface area contributed by atoms with E-state index in [-0.39, 0.29) is 0 Å². The highest BCUT2D eigenvalue weighted by atomic mass is 15.4. The van der Waals surface area contributed by atoms with Gasteiger partial charge in [0.25, 0.3) is 0 Å². The van der Waals surface area contributed by atoms with E-state index >= 15 is 0 Å². The molecule has 4 rings (SSSR count). The summed E-state index contributed by atoms with van der Waals surface area (Å²) < 4.78 is 2.23. The minimum Gasteiger partial charge on any atom is -0.338 e. The van der Waals surface area contributed by atoms with Crippen LogP contribution in [0.4, 0.5) is 5.82 Å². The molecule has 2 aliphatic rings. The molecule has 3 nitrogen and oxygen atoms in total. The molecular weight excluding hydrogens is 246 g/mol. The van der Waals surface area contributed by atoms with Crippen LogP contribution < -0.4 is 4.90 Å². The van der Waals surface area contributed by atoms with Crippen LogP contribution in [-0.4, -0.2) is 22.7 Å². The van der Waals surface area contributed by atoms with Crippen molar-refractivity contribution in [3.8, 4) is 0 Å². The van der Waals surface area contributed by atoms with Crippen molar-refractivity contribution < 1.29 is 0 Å². The van der Waals surface area contributed by atoms with Crippen molar-refractivity contribution in [2.24, 2.45) is 7.05 Å². The maximum absolute atomic E-state index is 2.57. The summed E-state index contributed by atoms with van der Waals surface area (Å²) in [7, 11) is 4.39. The molecule has 3 atom stereocenters. The van der Waals surface area contributed by atoms with Gasteiger partial charge in [0.05, 0.1) is 12.2 Å². The minimum atomic E-state index is 0.416. The van der Waals surface area contributed by atoms with Crippen molar-refractivity contribution in [3.05, 3.63) is 53.7 Å².